The van der Waals surface area contributed by atoms with E-state index in [1.54, 1.807) is 0 Å². The van der Waals surface area contributed by atoms with Crippen molar-refractivity contribution in [2.75, 3.05) is 35.7 Å². The van der Waals surface area contributed by atoms with E-state index in [4.69, 9.17) is 0 Å². The maximum Gasteiger partial charge on any atom is 0.291 e. The van der Waals surface area contributed by atoms with Crippen LogP contribution in [0.3, 0.4) is 0 Å². The number of carbonyl (C=O) groups is 1. The Hall–Kier alpha value is -4.07. The van der Waals surface area contributed by atoms with Crippen LogP contribution in [0.25, 0.3) is 0 Å². The van der Waals surface area contributed by atoms with Crippen molar-refractivity contribution in [2.24, 2.45) is 21.1 Å². The third kappa shape index (κ3) is 5.69. The van der Waals surface area contributed by atoms with Gasteiger partial charge in [0, 0.05) is 35.2 Å². The van der Waals surface area contributed by atoms with E-state index in [2.05, 4.69) is 20.5 Å². The average Bonchev–Trinajstić information content (AvgIpc) is 3.14. The molecule has 0 aliphatic carbocycles. The molecule has 1 unspecified atom stereocenters. The Kier molecular flexibility index (Phi) is 7.81. The normalized spacial score (nSPS) is 12.2. The molecule has 0 bridgehead atoms. The van der Waals surface area contributed by atoms with Gasteiger partial charge in [-0.15, -0.1) is 0 Å². The summed E-state index contributed by atoms with van der Waals surface area (Å²) in [7, 11) is 3.55. The van der Waals surface area contributed by atoms with Crippen LogP contribution in [-0.2, 0) is 31.2 Å². The van der Waals surface area contributed by atoms with Gasteiger partial charge in [0.1, 0.15) is 17.1 Å². The highest BCUT2D eigenvalue weighted by Crippen LogP contribution is 2.32. The van der Waals surface area contributed by atoms with Gasteiger partial charge in [-0.3, -0.25) is 19.1 Å². The van der Waals surface area contributed by atoms with E-state index in [0.717, 1.165) is 16.5 Å². The number of nitrogens with one attached hydrogen (secondary N) is 3. The summed E-state index contributed by atoms with van der Waals surface area (Å²) in [5.74, 6) is -0.545. The highest BCUT2D eigenvalue weighted by Gasteiger charge is 2.28. The van der Waals surface area contributed by atoms with Gasteiger partial charge in [0.05, 0.1) is 12.3 Å². The number of aryl methyl sites for hydroxylation is 1. The monoisotopic (exact) mass is 532 g/mol. The number of nitrogens with zero attached hydrogens (tertiary/aromatic N) is 5. The van der Waals surface area contributed by atoms with Gasteiger partial charge < -0.3 is 15.5 Å². The fraction of sp³-hybridized carbons (Fsp3) is 0.391. The van der Waals surface area contributed by atoms with Gasteiger partial charge in [-0.25, -0.2) is 22.5 Å². The molecule has 1 amide bonds. The highest BCUT2D eigenvalue weighted by molar-refractivity contribution is 7.92. The van der Waals surface area contributed by atoms with Gasteiger partial charge in [-0.2, -0.15) is 5.10 Å². The molecule has 1 aromatic carbocycles. The molecule has 2 aromatic heterocycles. The van der Waals surface area contributed by atoms with Crippen LogP contribution in [0, 0.1) is 0 Å². The largest absolute Gasteiger partial charge is 0.372 e. The number of hydrogen-bond acceptors (Lipinski definition) is 8. The van der Waals surface area contributed by atoms with Crippen LogP contribution in [0.15, 0.2) is 39.9 Å². The van der Waals surface area contributed by atoms with E-state index in [1.807, 2.05) is 37.3 Å². The summed E-state index contributed by atoms with van der Waals surface area (Å²) in [6.07, 6.45) is 1.54. The second-order valence-corrected chi connectivity index (χ2v) is 10.6. The molecular formula is C23H32N8O5S. The minimum absolute atomic E-state index is 0.00621. The van der Waals surface area contributed by atoms with Gasteiger partial charge in [0.2, 0.25) is 10.0 Å². The van der Waals surface area contributed by atoms with Gasteiger partial charge in [-0.05, 0) is 12.0 Å². The predicted octanol–water partition coefficient (Wildman–Crippen LogP) is 1.20. The third-order valence-corrected chi connectivity index (χ3v) is 6.41. The number of benzene rings is 1. The average molecular weight is 533 g/mol. The van der Waals surface area contributed by atoms with Crippen LogP contribution in [0.2, 0.25) is 0 Å². The lowest BCUT2D eigenvalue weighted by Gasteiger charge is -2.22. The highest BCUT2D eigenvalue weighted by atomic mass is 32.2. The number of sulfonamides is 1. The van der Waals surface area contributed by atoms with Crippen molar-refractivity contribution in [2.45, 2.75) is 19.4 Å². The molecule has 1 atom stereocenters. The Morgan fingerprint density at radius 3 is 2.08 bits per heavy atom. The van der Waals surface area contributed by atoms with Gasteiger partial charge in [0.25, 0.3) is 17.0 Å². The molecule has 200 valence electrons. The Balaban J connectivity index is 2.24. The van der Waals surface area contributed by atoms with Crippen LogP contribution < -0.4 is 26.5 Å². The lowest BCUT2D eigenvalue weighted by molar-refractivity contribution is 0.0822. The van der Waals surface area contributed by atoms with Crippen molar-refractivity contribution in [3.05, 3.63) is 62.3 Å². The lowest BCUT2D eigenvalue weighted by atomic mass is 10.0. The minimum atomic E-state index is -3.84. The molecule has 0 saturated carbocycles. The number of carbonyl (C=O) groups excluding carboxylic acids is 1. The number of rotatable bonds is 9. The van der Waals surface area contributed by atoms with Crippen molar-refractivity contribution < 1.29 is 13.2 Å². The van der Waals surface area contributed by atoms with E-state index in [9.17, 15) is 22.8 Å². The molecular weight excluding hydrogens is 500 g/mol. The van der Waals surface area contributed by atoms with Crippen LogP contribution in [0.5, 0.6) is 0 Å². The zero-order chi connectivity index (χ0) is 27.7. The van der Waals surface area contributed by atoms with Gasteiger partial charge >= 0.3 is 0 Å². The summed E-state index contributed by atoms with van der Waals surface area (Å²) in [6, 6.07) is 9.16. The molecule has 13 nitrogen and oxygen atoms in total. The molecule has 0 aliphatic rings. The molecule has 3 rings (SSSR count). The number of amides is 1. The number of anilines is 4. The fourth-order valence-electron chi connectivity index (χ4n) is 3.77. The maximum absolute atomic E-state index is 13.4. The molecule has 3 N–H and O–H groups in total. The summed E-state index contributed by atoms with van der Waals surface area (Å²) in [5.41, 5.74) is -0.573. The van der Waals surface area contributed by atoms with Crippen LogP contribution in [-0.4, -0.2) is 58.7 Å². The molecule has 0 aliphatic heterocycles. The fourth-order valence-corrected chi connectivity index (χ4v) is 4.33. The topological polar surface area (TPSA) is 152 Å². The van der Waals surface area contributed by atoms with E-state index in [-0.39, 0.29) is 34.6 Å². The Bertz CT molecular complexity index is 1540. The lowest BCUT2D eigenvalue weighted by Crippen LogP contribution is -2.38. The minimum Gasteiger partial charge on any atom is -0.372 e. The summed E-state index contributed by atoms with van der Waals surface area (Å²) in [6.45, 7) is 1.94. The van der Waals surface area contributed by atoms with Crippen molar-refractivity contribution in [3.8, 4) is 0 Å². The quantitative estimate of drug-likeness (QED) is 0.372. The molecule has 0 spiro atoms. The first kappa shape index (κ1) is 27.5. The molecule has 14 heteroatoms. The van der Waals surface area contributed by atoms with E-state index in [0.29, 0.717) is 6.42 Å². The molecule has 37 heavy (non-hydrogen) atoms. The Morgan fingerprint density at radius 2 is 1.57 bits per heavy atom. The molecule has 2 heterocycles. The zero-order valence-corrected chi connectivity index (χ0v) is 22.7. The van der Waals surface area contributed by atoms with Crippen molar-refractivity contribution >= 4 is 38.8 Å². The number of hydrogen-bond donors (Lipinski definition) is 3. The number of aromatic nitrogens is 4. The zero-order valence-electron chi connectivity index (χ0n) is 21.9. The molecule has 0 radical (unpaired) electrons. The first-order valence-electron chi connectivity index (χ1n) is 11.4. The predicted molar refractivity (Wildman–Crippen MR) is 143 cm³/mol. The van der Waals surface area contributed by atoms with Crippen LogP contribution >= 0.6 is 0 Å². The van der Waals surface area contributed by atoms with Gasteiger partial charge in [-0.1, -0.05) is 37.3 Å². The summed E-state index contributed by atoms with van der Waals surface area (Å²) in [4.78, 5) is 40.7. The van der Waals surface area contributed by atoms with Crippen molar-refractivity contribution in [1.82, 2.24) is 24.0 Å². The summed E-state index contributed by atoms with van der Waals surface area (Å²) >= 11 is 0. The second kappa shape index (κ2) is 10.5. The molecule has 0 saturated heterocycles. The van der Waals surface area contributed by atoms with E-state index in [1.165, 1.54) is 49.5 Å². The van der Waals surface area contributed by atoms with Crippen LogP contribution in [0.1, 0.15) is 35.4 Å². The summed E-state index contributed by atoms with van der Waals surface area (Å²) < 4.78 is 30.2. The smallest absolute Gasteiger partial charge is 0.291 e. The Morgan fingerprint density at radius 1 is 1.00 bits per heavy atom. The van der Waals surface area contributed by atoms with E-state index < -0.39 is 27.0 Å². The third-order valence-electron chi connectivity index (χ3n) is 5.83. The summed E-state index contributed by atoms with van der Waals surface area (Å²) in [5, 5.41) is 10.3. The molecule has 0 fully saturated rings. The first-order chi connectivity index (χ1) is 17.3. The SMILES string of the molecule is CCC(Nc1c(Nc2c(NS(C)(=O)=O)c(C(=O)N(C)C)nn2C)c(=O)n(C)n(C)c1=O)c1ccccc1. The van der Waals surface area contributed by atoms with Crippen molar-refractivity contribution in [3.63, 3.8) is 0 Å². The first-order valence-corrected chi connectivity index (χ1v) is 13.3. The Labute approximate surface area is 214 Å². The molecule has 3 aromatic rings. The maximum atomic E-state index is 13.4. The van der Waals surface area contributed by atoms with Gasteiger partial charge in [0.15, 0.2) is 11.5 Å². The van der Waals surface area contributed by atoms with Crippen molar-refractivity contribution in [1.29, 1.82) is 0 Å². The van der Waals surface area contributed by atoms with Crippen LogP contribution in [0.4, 0.5) is 22.9 Å². The second-order valence-electron chi connectivity index (χ2n) is 8.82. The van der Waals surface area contributed by atoms with E-state index >= 15 is 0 Å². The standard InChI is InChI=1S/C23H32N8O5S/c1-8-15(14-12-10-9-11-13-14)24-17-18(23(34)31(6)30(5)22(17)33)25-20-16(27-37(7,35)36)19(26-29(20)4)21(32)28(2)3/h9-13,15,24-25,27H,8H2,1-7H3.